The minimum absolute atomic E-state index is 0.200. The van der Waals surface area contributed by atoms with Crippen LogP contribution in [0.1, 0.15) is 30.8 Å². The number of halogens is 2. The smallest absolute Gasteiger partial charge is 0.123 e. The molecule has 2 rings (SSSR count). The molecule has 0 saturated carbocycles. The van der Waals surface area contributed by atoms with Crippen LogP contribution in [0.4, 0.5) is 4.39 Å². The molecule has 114 valence electrons. The quantitative estimate of drug-likeness (QED) is 0.881. The molecule has 0 saturated heterocycles. The van der Waals surface area contributed by atoms with E-state index in [1.807, 2.05) is 30.7 Å². The zero-order chi connectivity index (χ0) is 15.4. The average molecular weight is 310 g/mol. The Morgan fingerprint density at radius 1 is 1.33 bits per heavy atom. The van der Waals surface area contributed by atoms with Gasteiger partial charge < -0.3 is 5.32 Å². The van der Waals surface area contributed by atoms with Crippen molar-refractivity contribution in [3.05, 3.63) is 52.1 Å². The largest absolute Gasteiger partial charge is 0.308 e. The molecular formula is C16H21ClFN3. The molecule has 0 amide bonds. The zero-order valence-electron chi connectivity index (χ0n) is 12.7. The lowest BCUT2D eigenvalue weighted by Crippen LogP contribution is -2.28. The highest BCUT2D eigenvalue weighted by Crippen LogP contribution is 2.20. The van der Waals surface area contributed by atoms with Crippen LogP contribution in [-0.4, -0.2) is 15.8 Å². The highest BCUT2D eigenvalue weighted by Gasteiger charge is 2.13. The van der Waals surface area contributed by atoms with E-state index in [4.69, 9.17) is 11.6 Å². The summed E-state index contributed by atoms with van der Waals surface area (Å²) >= 11 is 6.29. The average Bonchev–Trinajstić information content (AvgIpc) is 2.74. The topological polar surface area (TPSA) is 29.9 Å². The lowest BCUT2D eigenvalue weighted by Gasteiger charge is -2.15. The number of nitrogens with one attached hydrogen (secondary N) is 1. The van der Waals surface area contributed by atoms with Crippen molar-refractivity contribution in [1.82, 2.24) is 15.1 Å². The summed E-state index contributed by atoms with van der Waals surface area (Å²) in [5, 5.41) is 8.59. The summed E-state index contributed by atoms with van der Waals surface area (Å²) in [5.74, 6) is -0.200. The van der Waals surface area contributed by atoms with Gasteiger partial charge in [-0.05, 0) is 44.9 Å². The summed E-state index contributed by atoms with van der Waals surface area (Å²) in [5.41, 5.74) is 2.99. The van der Waals surface area contributed by atoms with Crippen LogP contribution < -0.4 is 5.32 Å². The molecule has 5 heteroatoms. The van der Waals surface area contributed by atoms with Crippen molar-refractivity contribution >= 4 is 11.6 Å². The molecule has 1 aromatic heterocycles. The Hall–Kier alpha value is -1.39. The molecule has 0 fully saturated rings. The van der Waals surface area contributed by atoms with Crippen molar-refractivity contribution in [2.45, 2.75) is 46.3 Å². The number of hydrogen-bond acceptors (Lipinski definition) is 2. The molecule has 1 N–H and O–H groups in total. The van der Waals surface area contributed by atoms with E-state index in [1.165, 1.54) is 12.1 Å². The first kappa shape index (κ1) is 16.0. The minimum Gasteiger partial charge on any atom is -0.308 e. The first-order valence-corrected chi connectivity index (χ1v) is 7.58. The summed E-state index contributed by atoms with van der Waals surface area (Å²) in [4.78, 5) is 0. The van der Waals surface area contributed by atoms with Gasteiger partial charge in [-0.1, -0.05) is 23.7 Å². The van der Waals surface area contributed by atoms with Gasteiger partial charge in [-0.15, -0.1) is 0 Å². The second-order valence-electron chi connectivity index (χ2n) is 5.27. The number of aromatic nitrogens is 2. The van der Waals surface area contributed by atoms with Crippen LogP contribution in [0.5, 0.6) is 0 Å². The van der Waals surface area contributed by atoms with Crippen LogP contribution in [-0.2, 0) is 19.5 Å². The fraction of sp³-hybridized carbons (Fsp3) is 0.438. The Bertz CT molecular complexity index is 592. The molecule has 0 aliphatic heterocycles. The Labute approximate surface area is 130 Å². The Kier molecular flexibility index (Phi) is 5.37. The maximum Gasteiger partial charge on any atom is 0.123 e. The molecule has 21 heavy (non-hydrogen) atoms. The van der Waals surface area contributed by atoms with Crippen molar-refractivity contribution in [1.29, 1.82) is 0 Å². The number of rotatable bonds is 6. The summed E-state index contributed by atoms with van der Waals surface area (Å²) in [7, 11) is 0. The van der Waals surface area contributed by atoms with Crippen LogP contribution in [0.3, 0.4) is 0 Å². The molecular weight excluding hydrogens is 289 g/mol. The Morgan fingerprint density at radius 2 is 2.00 bits per heavy atom. The van der Waals surface area contributed by atoms with Crippen LogP contribution in [0.15, 0.2) is 24.3 Å². The molecule has 0 aliphatic rings. The minimum atomic E-state index is -0.200. The standard InChI is InChI=1S/C16H21ClFN3/c1-4-21-15(16(17)12(3)20-21)10-19-11(2)9-13-5-7-14(18)8-6-13/h5-8,11,19H,4,9-10H2,1-3H3. The van der Waals surface area contributed by atoms with E-state index >= 15 is 0 Å². The molecule has 1 aromatic carbocycles. The number of hydrogen-bond donors (Lipinski definition) is 1. The summed E-state index contributed by atoms with van der Waals surface area (Å²) in [6.45, 7) is 7.55. The first-order chi connectivity index (χ1) is 10.0. The molecule has 0 spiro atoms. The third-order valence-electron chi connectivity index (χ3n) is 3.53. The Morgan fingerprint density at radius 3 is 2.62 bits per heavy atom. The van der Waals surface area contributed by atoms with Crippen LogP contribution in [0, 0.1) is 12.7 Å². The first-order valence-electron chi connectivity index (χ1n) is 7.20. The molecule has 1 unspecified atom stereocenters. The number of aryl methyl sites for hydroxylation is 2. The van der Waals surface area contributed by atoms with E-state index < -0.39 is 0 Å². The van der Waals surface area contributed by atoms with E-state index in [0.717, 1.165) is 34.9 Å². The number of benzene rings is 1. The van der Waals surface area contributed by atoms with Crippen molar-refractivity contribution in [3.63, 3.8) is 0 Å². The van der Waals surface area contributed by atoms with Crippen LogP contribution in [0.25, 0.3) is 0 Å². The van der Waals surface area contributed by atoms with Gasteiger partial charge in [0.1, 0.15) is 5.82 Å². The second-order valence-corrected chi connectivity index (χ2v) is 5.65. The Balaban J connectivity index is 1.95. The van der Waals surface area contributed by atoms with Gasteiger partial charge in [0.05, 0.1) is 16.4 Å². The second kappa shape index (κ2) is 7.05. The highest BCUT2D eigenvalue weighted by molar-refractivity contribution is 6.31. The van der Waals surface area contributed by atoms with Gasteiger partial charge in [0.2, 0.25) is 0 Å². The highest BCUT2D eigenvalue weighted by atomic mass is 35.5. The molecule has 0 bridgehead atoms. The molecule has 1 atom stereocenters. The molecule has 1 heterocycles. The third-order valence-corrected chi connectivity index (χ3v) is 4.02. The van der Waals surface area contributed by atoms with E-state index in [0.29, 0.717) is 6.54 Å². The van der Waals surface area contributed by atoms with Gasteiger partial charge in [0.15, 0.2) is 0 Å². The molecule has 0 radical (unpaired) electrons. The van der Waals surface area contributed by atoms with E-state index in [-0.39, 0.29) is 11.9 Å². The summed E-state index contributed by atoms with van der Waals surface area (Å²) in [6.07, 6.45) is 0.844. The van der Waals surface area contributed by atoms with Crippen molar-refractivity contribution < 1.29 is 4.39 Å². The molecule has 2 aromatic rings. The summed E-state index contributed by atoms with van der Waals surface area (Å²) < 4.78 is 14.8. The normalized spacial score (nSPS) is 12.6. The van der Waals surface area contributed by atoms with Gasteiger partial charge in [0, 0.05) is 19.1 Å². The predicted octanol–water partition coefficient (Wildman–Crippen LogP) is 3.72. The van der Waals surface area contributed by atoms with Crippen LogP contribution in [0.2, 0.25) is 5.02 Å². The molecule has 3 nitrogen and oxygen atoms in total. The van der Waals surface area contributed by atoms with Gasteiger partial charge in [-0.2, -0.15) is 5.10 Å². The van der Waals surface area contributed by atoms with Gasteiger partial charge >= 0.3 is 0 Å². The van der Waals surface area contributed by atoms with E-state index in [9.17, 15) is 4.39 Å². The monoisotopic (exact) mass is 309 g/mol. The lowest BCUT2D eigenvalue weighted by atomic mass is 10.1. The van der Waals surface area contributed by atoms with Gasteiger partial charge in [-0.25, -0.2) is 4.39 Å². The van der Waals surface area contributed by atoms with Crippen molar-refractivity contribution in [3.8, 4) is 0 Å². The predicted molar refractivity (Wildman–Crippen MR) is 84.1 cm³/mol. The lowest BCUT2D eigenvalue weighted by molar-refractivity contribution is 0.513. The van der Waals surface area contributed by atoms with Crippen molar-refractivity contribution in [2.75, 3.05) is 0 Å². The third kappa shape index (κ3) is 4.05. The summed E-state index contributed by atoms with van der Waals surface area (Å²) in [6, 6.07) is 6.90. The van der Waals surface area contributed by atoms with E-state index in [1.54, 1.807) is 0 Å². The van der Waals surface area contributed by atoms with Gasteiger partial charge in [-0.3, -0.25) is 4.68 Å². The maximum atomic E-state index is 12.9. The van der Waals surface area contributed by atoms with Crippen molar-refractivity contribution in [2.24, 2.45) is 0 Å². The zero-order valence-corrected chi connectivity index (χ0v) is 13.4. The maximum absolute atomic E-state index is 12.9. The fourth-order valence-electron chi connectivity index (χ4n) is 2.35. The molecule has 0 aliphatic carbocycles. The van der Waals surface area contributed by atoms with Gasteiger partial charge in [0.25, 0.3) is 0 Å². The van der Waals surface area contributed by atoms with Crippen LogP contribution >= 0.6 is 11.6 Å². The SMILES string of the molecule is CCn1nc(C)c(Cl)c1CNC(C)Cc1ccc(F)cc1. The number of nitrogens with zero attached hydrogens (tertiary/aromatic N) is 2. The van der Waals surface area contributed by atoms with E-state index in [2.05, 4.69) is 17.3 Å². The fourth-order valence-corrected chi connectivity index (χ4v) is 2.56.